The van der Waals surface area contributed by atoms with Crippen LogP contribution in [0.15, 0.2) is 18.2 Å². The van der Waals surface area contributed by atoms with Gasteiger partial charge in [0.15, 0.2) is 5.13 Å². The monoisotopic (exact) mass is 430 g/mol. The van der Waals surface area contributed by atoms with E-state index in [9.17, 15) is 18.8 Å². The van der Waals surface area contributed by atoms with Crippen LogP contribution in [0.4, 0.5) is 13.9 Å². The average Bonchev–Trinajstić information content (AvgIpc) is 3.21. The normalized spacial score (nSPS) is 19.7. The molecule has 2 unspecified atom stereocenters. The Hall–Kier alpha value is -2.49. The molecule has 3 rings (SSSR count). The minimum atomic E-state index is -2.93. The van der Waals surface area contributed by atoms with E-state index in [0.29, 0.717) is 10.0 Å². The molecule has 1 aliphatic rings. The van der Waals surface area contributed by atoms with Crippen molar-refractivity contribution in [2.24, 2.45) is 5.92 Å². The van der Waals surface area contributed by atoms with Gasteiger partial charge in [0, 0.05) is 18.2 Å². The topological polar surface area (TPSA) is 89.6 Å². The molecule has 2 radical (unpaired) electrons. The number of hydrogen-bond acceptors (Lipinski definition) is 5. The zero-order valence-electron chi connectivity index (χ0n) is 15.3. The Balaban J connectivity index is 2.06. The number of amides is 1. The highest BCUT2D eigenvalue weighted by molar-refractivity contribution is 7.19. The first-order chi connectivity index (χ1) is 13.6. The molecule has 2 atom stereocenters. The summed E-state index contributed by atoms with van der Waals surface area (Å²) in [6.07, 6.45) is -0.902. The van der Waals surface area contributed by atoms with Gasteiger partial charge in [-0.15, -0.1) is 0 Å². The van der Waals surface area contributed by atoms with Gasteiger partial charge in [-0.05, 0) is 37.0 Å². The van der Waals surface area contributed by atoms with Gasteiger partial charge in [-0.1, -0.05) is 29.0 Å². The van der Waals surface area contributed by atoms with Crippen LogP contribution in [-0.2, 0) is 10.1 Å². The molecule has 1 aliphatic carbocycles. The van der Waals surface area contributed by atoms with Crippen LogP contribution in [0.2, 0.25) is 4.34 Å². The molecule has 0 bridgehead atoms. The van der Waals surface area contributed by atoms with E-state index >= 15 is 0 Å². The molecule has 2 aromatic rings. The third-order valence-corrected chi connectivity index (χ3v) is 6.49. The van der Waals surface area contributed by atoms with Crippen LogP contribution in [0.25, 0.3) is 0 Å². The summed E-state index contributed by atoms with van der Waals surface area (Å²) >= 11 is 7.02. The highest BCUT2D eigenvalue weighted by atomic mass is 35.5. The number of aryl methyl sites for hydroxylation is 1. The van der Waals surface area contributed by atoms with Gasteiger partial charge in [0.25, 0.3) is 0 Å². The van der Waals surface area contributed by atoms with Crippen molar-refractivity contribution < 1.29 is 13.6 Å². The second kappa shape index (κ2) is 7.74. The van der Waals surface area contributed by atoms with Crippen molar-refractivity contribution in [2.75, 3.05) is 5.32 Å². The molecule has 146 valence electrons. The van der Waals surface area contributed by atoms with Crippen LogP contribution in [0.5, 0.6) is 0 Å². The molecule has 1 heterocycles. The van der Waals surface area contributed by atoms with Gasteiger partial charge in [0.1, 0.15) is 16.5 Å². The molecule has 0 saturated heterocycles. The summed E-state index contributed by atoms with van der Waals surface area (Å²) in [4.78, 5) is 17.3. The van der Waals surface area contributed by atoms with E-state index in [2.05, 4.69) is 10.3 Å². The number of thiazole rings is 1. The van der Waals surface area contributed by atoms with E-state index in [1.807, 2.05) is 12.1 Å². The highest BCUT2D eigenvalue weighted by Gasteiger charge is 2.51. The molecule has 1 N–H and O–H groups in total. The number of nitriles is 2. The summed E-state index contributed by atoms with van der Waals surface area (Å²) in [5, 5.41) is 19.4. The van der Waals surface area contributed by atoms with E-state index in [1.54, 1.807) is 6.92 Å². The summed E-state index contributed by atoms with van der Waals surface area (Å²) in [5.74, 6) is -4.52. The maximum Gasteiger partial charge on any atom is 0.248 e. The Morgan fingerprint density at radius 2 is 2.10 bits per heavy atom. The Morgan fingerprint density at radius 1 is 1.41 bits per heavy atom. The molecule has 1 saturated carbocycles. The first kappa shape index (κ1) is 21.2. The van der Waals surface area contributed by atoms with Crippen molar-refractivity contribution in [3.8, 4) is 12.1 Å². The number of rotatable bonds is 4. The molecule has 1 fully saturated rings. The lowest BCUT2D eigenvalue weighted by Gasteiger charge is -2.35. The minimum Gasteiger partial charge on any atom is -0.302 e. The lowest BCUT2D eigenvalue weighted by atomic mass is 9.55. The van der Waals surface area contributed by atoms with E-state index in [4.69, 9.17) is 24.7 Å². The fourth-order valence-corrected chi connectivity index (χ4v) is 4.47. The zero-order valence-corrected chi connectivity index (χ0v) is 16.9. The molecule has 10 heteroatoms. The quantitative estimate of drug-likeness (QED) is 0.733. The number of alkyl halides is 2. The van der Waals surface area contributed by atoms with E-state index in [0.717, 1.165) is 11.3 Å². The van der Waals surface area contributed by atoms with Gasteiger partial charge >= 0.3 is 0 Å². The van der Waals surface area contributed by atoms with Crippen LogP contribution >= 0.6 is 22.9 Å². The van der Waals surface area contributed by atoms with Crippen LogP contribution in [-0.4, -0.2) is 24.7 Å². The number of hydrogen-bond donors (Lipinski definition) is 1. The van der Waals surface area contributed by atoms with E-state index < -0.39 is 29.5 Å². The third kappa shape index (κ3) is 3.98. The maximum absolute atomic E-state index is 13.9. The Kier molecular flexibility index (Phi) is 5.66. The number of nitrogens with zero attached hydrogens (tertiary/aromatic N) is 3. The molecule has 5 nitrogen and oxygen atoms in total. The summed E-state index contributed by atoms with van der Waals surface area (Å²) < 4.78 is 28.3. The van der Waals surface area contributed by atoms with Crippen molar-refractivity contribution >= 4 is 41.8 Å². The van der Waals surface area contributed by atoms with Crippen molar-refractivity contribution in [2.45, 2.75) is 37.4 Å². The number of halogens is 3. The fourth-order valence-electron chi connectivity index (χ4n) is 3.51. The van der Waals surface area contributed by atoms with Crippen LogP contribution in [0.1, 0.15) is 41.6 Å². The lowest BCUT2D eigenvalue weighted by Crippen LogP contribution is -2.47. The molecule has 1 aromatic heterocycles. The number of nitrogens with one attached hydrogen (secondary N) is 1. The van der Waals surface area contributed by atoms with E-state index in [-0.39, 0.29) is 34.7 Å². The number of aromatic nitrogens is 1. The van der Waals surface area contributed by atoms with Crippen molar-refractivity contribution in [3.63, 3.8) is 0 Å². The SMILES string of the molecule is [B]C(C(=O)Nc1nc(C)c(Cl)s1)(c1ccc(C#N)c(C#N)c1)C1CCC(F)(F)C1. The van der Waals surface area contributed by atoms with Crippen LogP contribution < -0.4 is 5.32 Å². The Morgan fingerprint density at radius 3 is 2.62 bits per heavy atom. The largest absolute Gasteiger partial charge is 0.302 e. The number of carbonyl (C=O) groups is 1. The molecular formula is C19H14BClF2N4OS. The second-order valence-corrected chi connectivity index (χ2v) is 8.58. The molecule has 1 aromatic carbocycles. The smallest absolute Gasteiger partial charge is 0.248 e. The third-order valence-electron chi connectivity index (χ3n) is 5.12. The summed E-state index contributed by atoms with van der Waals surface area (Å²) in [5.41, 5.74) is 0.836. The number of benzene rings is 1. The van der Waals surface area contributed by atoms with Gasteiger partial charge in [0.2, 0.25) is 11.8 Å². The predicted molar refractivity (Wildman–Crippen MR) is 106 cm³/mol. The Bertz CT molecular complexity index is 1040. The number of carbonyl (C=O) groups excluding carboxylic acids is 1. The summed E-state index contributed by atoms with van der Waals surface area (Å²) in [7, 11) is 6.50. The van der Waals surface area contributed by atoms with Gasteiger partial charge < -0.3 is 5.32 Å². The number of anilines is 1. The van der Waals surface area contributed by atoms with Gasteiger partial charge in [-0.2, -0.15) is 10.5 Å². The highest BCUT2D eigenvalue weighted by Crippen LogP contribution is 2.48. The van der Waals surface area contributed by atoms with Crippen molar-refractivity contribution in [1.29, 1.82) is 10.5 Å². The lowest BCUT2D eigenvalue weighted by molar-refractivity contribution is -0.120. The molecule has 0 aliphatic heterocycles. The van der Waals surface area contributed by atoms with Gasteiger partial charge in [-0.25, -0.2) is 13.8 Å². The van der Waals surface area contributed by atoms with Crippen LogP contribution in [0.3, 0.4) is 0 Å². The Labute approximate surface area is 176 Å². The molecule has 0 spiro atoms. The average molecular weight is 431 g/mol. The molecular weight excluding hydrogens is 417 g/mol. The second-order valence-electron chi connectivity index (χ2n) is 6.98. The van der Waals surface area contributed by atoms with E-state index in [1.165, 1.54) is 18.2 Å². The van der Waals surface area contributed by atoms with Gasteiger partial charge in [-0.3, -0.25) is 4.79 Å². The van der Waals surface area contributed by atoms with Crippen LogP contribution in [0, 0.1) is 35.5 Å². The zero-order chi connectivity index (χ0) is 21.4. The van der Waals surface area contributed by atoms with Crippen molar-refractivity contribution in [3.05, 3.63) is 44.9 Å². The first-order valence-corrected chi connectivity index (χ1v) is 9.86. The predicted octanol–water partition coefficient (Wildman–Crippen LogP) is 4.29. The standard InChI is InChI=1S/C19H14BClF2N4OS/c1-10-15(21)29-17(26-10)27-16(28)19(20,14-4-5-18(22,23)7-14)13-3-2-11(8-24)12(6-13)9-25/h2-3,6,14H,4-5,7H2,1H3,(H,26,27,28). The summed E-state index contributed by atoms with van der Waals surface area (Å²) in [6.45, 7) is 1.67. The van der Waals surface area contributed by atoms with Crippen molar-refractivity contribution in [1.82, 2.24) is 4.98 Å². The fraction of sp³-hybridized carbons (Fsp3) is 0.368. The maximum atomic E-state index is 13.9. The molecule has 29 heavy (non-hydrogen) atoms. The molecule has 1 amide bonds. The van der Waals surface area contributed by atoms with Gasteiger partial charge in [0.05, 0.1) is 24.7 Å². The summed E-state index contributed by atoms with van der Waals surface area (Å²) in [6, 6.07) is 7.86. The minimum absolute atomic E-state index is 0.0190. The first-order valence-electron chi connectivity index (χ1n) is 8.66.